The Morgan fingerprint density at radius 2 is 2.00 bits per heavy atom. The Morgan fingerprint density at radius 3 is 2.83 bits per heavy atom. The molecule has 29 heavy (non-hydrogen) atoms. The van der Waals surface area contributed by atoms with Gasteiger partial charge in [-0.2, -0.15) is 5.10 Å². The monoisotopic (exact) mass is 405 g/mol. The van der Waals surface area contributed by atoms with Gasteiger partial charge in [0.15, 0.2) is 5.17 Å². The molecule has 1 aliphatic heterocycles. The van der Waals surface area contributed by atoms with Gasteiger partial charge in [0.2, 0.25) is 5.91 Å². The largest absolute Gasteiger partial charge is 0.463 e. The van der Waals surface area contributed by atoms with Crippen molar-refractivity contribution in [1.82, 2.24) is 4.90 Å². The van der Waals surface area contributed by atoms with Gasteiger partial charge in [-0.15, -0.1) is 5.10 Å². The van der Waals surface area contributed by atoms with E-state index in [4.69, 9.17) is 4.42 Å². The van der Waals surface area contributed by atoms with Crippen LogP contribution < -0.4 is 0 Å². The number of fused-ring (bicyclic) bond motifs is 1. The number of amidine groups is 1. The van der Waals surface area contributed by atoms with E-state index in [1.807, 2.05) is 24.3 Å². The smallest absolute Gasteiger partial charge is 0.242 e. The molecule has 1 fully saturated rings. The summed E-state index contributed by atoms with van der Waals surface area (Å²) < 4.78 is 5.26. The first kappa shape index (κ1) is 19.5. The summed E-state index contributed by atoms with van der Waals surface area (Å²) >= 11 is 1.51. The van der Waals surface area contributed by atoms with Crippen molar-refractivity contribution in [2.45, 2.75) is 38.0 Å². The number of unbranched alkanes of at least 4 members (excludes halogenated alkanes) is 1. The highest BCUT2D eigenvalue weighted by atomic mass is 32.2. The van der Waals surface area contributed by atoms with Crippen LogP contribution in [-0.2, 0) is 11.3 Å². The van der Waals surface area contributed by atoms with E-state index < -0.39 is 0 Å². The predicted octanol–water partition coefficient (Wildman–Crippen LogP) is 5.46. The van der Waals surface area contributed by atoms with Crippen molar-refractivity contribution in [2.75, 3.05) is 0 Å². The van der Waals surface area contributed by atoms with Crippen LogP contribution in [0.25, 0.3) is 10.8 Å². The van der Waals surface area contributed by atoms with Gasteiger partial charge < -0.3 is 4.42 Å². The van der Waals surface area contributed by atoms with Gasteiger partial charge >= 0.3 is 0 Å². The highest BCUT2D eigenvalue weighted by Crippen LogP contribution is 2.33. The lowest BCUT2D eigenvalue weighted by atomic mass is 10.0. The molecule has 2 heterocycles. The number of benzene rings is 2. The molecule has 1 atom stereocenters. The molecule has 3 aromatic rings. The van der Waals surface area contributed by atoms with Gasteiger partial charge in [-0.1, -0.05) is 74.0 Å². The summed E-state index contributed by atoms with van der Waals surface area (Å²) in [5, 5.41) is 11.4. The summed E-state index contributed by atoms with van der Waals surface area (Å²) in [7, 11) is 0. The fraction of sp³-hybridized carbons (Fsp3) is 0.261. The van der Waals surface area contributed by atoms with E-state index in [0.29, 0.717) is 17.5 Å². The summed E-state index contributed by atoms with van der Waals surface area (Å²) in [6.45, 7) is 2.63. The van der Waals surface area contributed by atoms with E-state index in [1.54, 1.807) is 23.4 Å². The molecule has 0 unspecified atom stereocenters. The molecular weight excluding hydrogens is 382 g/mol. The van der Waals surface area contributed by atoms with Gasteiger partial charge in [0, 0.05) is 0 Å². The maximum atomic E-state index is 13.1. The average molecular weight is 406 g/mol. The quantitative estimate of drug-likeness (QED) is 0.387. The van der Waals surface area contributed by atoms with Gasteiger partial charge in [-0.05, 0) is 34.9 Å². The fourth-order valence-electron chi connectivity index (χ4n) is 3.40. The molecule has 1 amide bonds. The Balaban J connectivity index is 1.62. The van der Waals surface area contributed by atoms with E-state index >= 15 is 0 Å². The third kappa shape index (κ3) is 4.43. The summed E-state index contributed by atoms with van der Waals surface area (Å²) in [4.78, 5) is 14.9. The standard InChI is InChI=1S/C23H23N3O2S/c1-2-3-13-21-22(27)26(23(29-21)25-24-15-19-11-7-14-28-19)16-18-10-6-9-17-8-4-5-12-20(17)18/h4-12,14-15,21H,2-3,13,16H2,1H3/b24-15-,25-23-/t21-/m0/s1. The van der Waals surface area contributed by atoms with Gasteiger partial charge in [-0.25, -0.2) is 0 Å². The van der Waals surface area contributed by atoms with Crippen LogP contribution in [0.2, 0.25) is 0 Å². The van der Waals surface area contributed by atoms with Crippen LogP contribution in [0.4, 0.5) is 0 Å². The van der Waals surface area contributed by atoms with Gasteiger partial charge in [-0.3, -0.25) is 9.69 Å². The average Bonchev–Trinajstić information content (AvgIpc) is 3.36. The van der Waals surface area contributed by atoms with Crippen LogP contribution in [-0.4, -0.2) is 27.4 Å². The number of carbonyl (C=O) groups is 1. The molecule has 1 saturated heterocycles. The second-order valence-corrected chi connectivity index (χ2v) is 8.12. The SMILES string of the molecule is CCCC[C@@H]1S/C(=N\N=C/c2ccco2)N(Cc2cccc3ccccc23)C1=O. The Labute approximate surface area is 174 Å². The molecule has 0 aliphatic carbocycles. The van der Waals surface area contributed by atoms with Crippen molar-refractivity contribution in [3.63, 3.8) is 0 Å². The molecule has 0 saturated carbocycles. The highest BCUT2D eigenvalue weighted by molar-refractivity contribution is 8.15. The normalized spacial score (nSPS) is 18.5. The maximum absolute atomic E-state index is 13.1. The number of furan rings is 1. The third-order valence-corrected chi connectivity index (χ3v) is 6.15. The summed E-state index contributed by atoms with van der Waals surface area (Å²) in [5.74, 6) is 0.746. The number of nitrogens with zero attached hydrogens (tertiary/aromatic N) is 3. The van der Waals surface area contributed by atoms with Gasteiger partial charge in [0.1, 0.15) is 5.76 Å². The second-order valence-electron chi connectivity index (χ2n) is 6.95. The van der Waals surface area contributed by atoms with Crippen molar-refractivity contribution < 1.29 is 9.21 Å². The lowest BCUT2D eigenvalue weighted by Gasteiger charge is -2.17. The summed E-state index contributed by atoms with van der Waals surface area (Å²) in [6.07, 6.45) is 6.10. The Hall–Kier alpha value is -2.86. The minimum absolute atomic E-state index is 0.0949. The fourth-order valence-corrected chi connectivity index (χ4v) is 4.55. The van der Waals surface area contributed by atoms with E-state index in [0.717, 1.165) is 30.2 Å². The molecule has 1 aromatic heterocycles. The Morgan fingerprint density at radius 1 is 1.14 bits per heavy atom. The first-order chi connectivity index (χ1) is 14.3. The number of hydrogen-bond donors (Lipinski definition) is 0. The molecule has 148 valence electrons. The lowest BCUT2D eigenvalue weighted by molar-refractivity contribution is -0.126. The van der Waals surface area contributed by atoms with Crippen LogP contribution in [0.3, 0.4) is 0 Å². The lowest BCUT2D eigenvalue weighted by Crippen LogP contribution is -2.31. The number of carbonyl (C=O) groups excluding carboxylic acids is 1. The van der Waals surface area contributed by atoms with Crippen molar-refractivity contribution in [3.05, 3.63) is 72.2 Å². The van der Waals surface area contributed by atoms with Crippen molar-refractivity contribution in [1.29, 1.82) is 0 Å². The van der Waals surface area contributed by atoms with E-state index in [2.05, 4.69) is 41.4 Å². The van der Waals surface area contributed by atoms with Crippen molar-refractivity contribution in [2.24, 2.45) is 10.2 Å². The highest BCUT2D eigenvalue weighted by Gasteiger charge is 2.37. The van der Waals surface area contributed by atoms with Crippen LogP contribution in [0.15, 0.2) is 75.5 Å². The molecule has 0 radical (unpaired) electrons. The number of thioether (sulfide) groups is 1. The first-order valence-electron chi connectivity index (χ1n) is 9.85. The molecule has 0 N–H and O–H groups in total. The van der Waals surface area contributed by atoms with Gasteiger partial charge in [0.05, 0.1) is 24.3 Å². The molecule has 0 bridgehead atoms. The number of rotatable bonds is 7. The zero-order valence-electron chi connectivity index (χ0n) is 16.3. The minimum atomic E-state index is -0.0949. The molecular formula is C23H23N3O2S. The third-order valence-electron chi connectivity index (χ3n) is 4.92. The maximum Gasteiger partial charge on any atom is 0.242 e. The van der Waals surface area contributed by atoms with Gasteiger partial charge in [0.25, 0.3) is 0 Å². The Bertz CT molecular complexity index is 1040. The summed E-state index contributed by atoms with van der Waals surface area (Å²) in [5.41, 5.74) is 1.11. The van der Waals surface area contributed by atoms with Crippen LogP contribution in [0.1, 0.15) is 37.5 Å². The predicted molar refractivity (Wildman–Crippen MR) is 119 cm³/mol. The summed E-state index contributed by atoms with van der Waals surface area (Å²) in [6, 6.07) is 18.1. The topological polar surface area (TPSA) is 58.2 Å². The number of amides is 1. The zero-order valence-corrected chi connectivity index (χ0v) is 17.1. The van der Waals surface area contributed by atoms with Crippen LogP contribution >= 0.6 is 11.8 Å². The molecule has 1 aliphatic rings. The van der Waals surface area contributed by atoms with E-state index in [-0.39, 0.29) is 11.2 Å². The van der Waals surface area contributed by atoms with Crippen molar-refractivity contribution in [3.8, 4) is 0 Å². The Kier molecular flexibility index (Phi) is 6.10. The van der Waals surface area contributed by atoms with Crippen LogP contribution in [0, 0.1) is 0 Å². The minimum Gasteiger partial charge on any atom is -0.463 e. The molecule has 0 spiro atoms. The first-order valence-corrected chi connectivity index (χ1v) is 10.7. The molecule has 5 nitrogen and oxygen atoms in total. The van der Waals surface area contributed by atoms with E-state index in [9.17, 15) is 4.79 Å². The van der Waals surface area contributed by atoms with E-state index in [1.165, 1.54) is 17.1 Å². The molecule has 4 rings (SSSR count). The number of hydrogen-bond acceptors (Lipinski definition) is 5. The van der Waals surface area contributed by atoms with Crippen LogP contribution in [0.5, 0.6) is 0 Å². The second kappa shape index (κ2) is 9.09. The molecule has 6 heteroatoms. The zero-order chi connectivity index (χ0) is 20.1. The molecule has 2 aromatic carbocycles. The van der Waals surface area contributed by atoms with Crippen molar-refractivity contribution >= 4 is 39.8 Å².